The number of amides is 1. The van der Waals surface area contributed by atoms with Crippen molar-refractivity contribution in [2.45, 2.75) is 0 Å². The van der Waals surface area contributed by atoms with Gasteiger partial charge in [0, 0.05) is 5.38 Å². The van der Waals surface area contributed by atoms with Crippen LogP contribution in [0.3, 0.4) is 0 Å². The largest absolute Gasteiger partial charge is 0.398 e. The molecule has 0 fully saturated rings. The minimum absolute atomic E-state index is 0.0858. The first kappa shape index (κ1) is 10.3. The van der Waals surface area contributed by atoms with Gasteiger partial charge in [-0.25, -0.2) is 4.98 Å². The maximum absolute atomic E-state index is 10.5. The molecule has 1 rings (SSSR count). The smallest absolute Gasteiger partial charge is 0.213 e. The molecule has 0 aliphatic heterocycles. The fourth-order valence-corrected chi connectivity index (χ4v) is 1.40. The average molecular weight is 213 g/mol. The highest BCUT2D eigenvalue weighted by Gasteiger charge is 2.08. The highest BCUT2D eigenvalue weighted by atomic mass is 32.1. The zero-order chi connectivity index (χ0) is 10.4. The van der Waals surface area contributed by atoms with Gasteiger partial charge < -0.3 is 10.2 Å². The predicted molar refractivity (Wildman–Crippen MR) is 51.4 cm³/mol. The molecule has 14 heavy (non-hydrogen) atoms. The van der Waals surface area contributed by atoms with E-state index in [-0.39, 0.29) is 5.71 Å². The van der Waals surface area contributed by atoms with Gasteiger partial charge in [-0.2, -0.15) is 0 Å². The quantitative estimate of drug-likeness (QED) is 0.432. The molecule has 0 atom stereocenters. The number of aldehydes is 1. The van der Waals surface area contributed by atoms with Crippen molar-refractivity contribution in [3.8, 4) is 0 Å². The van der Waals surface area contributed by atoms with E-state index in [1.807, 2.05) is 0 Å². The lowest BCUT2D eigenvalue weighted by Gasteiger charge is -1.91. The Morgan fingerprint density at radius 3 is 3.07 bits per heavy atom. The van der Waals surface area contributed by atoms with E-state index in [1.165, 1.54) is 18.4 Å². The van der Waals surface area contributed by atoms with Gasteiger partial charge in [-0.05, 0) is 0 Å². The van der Waals surface area contributed by atoms with Crippen molar-refractivity contribution in [3.63, 3.8) is 0 Å². The van der Waals surface area contributed by atoms with Gasteiger partial charge in [0.15, 0.2) is 17.1 Å². The molecule has 74 valence electrons. The second-order valence-corrected chi connectivity index (χ2v) is 2.94. The SMILES string of the molecule is CO/N=C(/C=O)c1csc(NC=O)n1. The van der Waals surface area contributed by atoms with E-state index in [0.29, 0.717) is 23.5 Å². The number of carbonyl (C=O) groups excluding carboxylic acids is 2. The highest BCUT2D eigenvalue weighted by Crippen LogP contribution is 2.14. The van der Waals surface area contributed by atoms with Crippen molar-refractivity contribution < 1.29 is 14.4 Å². The molecule has 0 aliphatic carbocycles. The Kier molecular flexibility index (Phi) is 3.74. The third-order valence-electron chi connectivity index (χ3n) is 1.25. The topological polar surface area (TPSA) is 80.6 Å². The third kappa shape index (κ3) is 2.36. The zero-order valence-corrected chi connectivity index (χ0v) is 8.08. The lowest BCUT2D eigenvalue weighted by Crippen LogP contribution is -2.04. The first-order valence-electron chi connectivity index (χ1n) is 3.54. The van der Waals surface area contributed by atoms with Crippen molar-refractivity contribution in [2.75, 3.05) is 12.4 Å². The summed E-state index contributed by atoms with van der Waals surface area (Å²) in [7, 11) is 1.33. The number of nitrogens with one attached hydrogen (secondary N) is 1. The summed E-state index contributed by atoms with van der Waals surface area (Å²) < 4.78 is 0. The van der Waals surface area contributed by atoms with Crippen molar-refractivity contribution in [2.24, 2.45) is 5.16 Å². The van der Waals surface area contributed by atoms with E-state index in [4.69, 9.17) is 0 Å². The van der Waals surface area contributed by atoms with Crippen LogP contribution in [0.5, 0.6) is 0 Å². The van der Waals surface area contributed by atoms with Crippen LogP contribution in [0.1, 0.15) is 5.69 Å². The van der Waals surface area contributed by atoms with E-state index in [2.05, 4.69) is 20.3 Å². The molecule has 1 heterocycles. The molecule has 0 radical (unpaired) electrons. The Bertz CT molecular complexity index is 361. The second kappa shape index (κ2) is 5.07. The minimum Gasteiger partial charge on any atom is -0.398 e. The van der Waals surface area contributed by atoms with E-state index < -0.39 is 0 Å². The number of aromatic nitrogens is 1. The Hall–Kier alpha value is -1.76. The van der Waals surface area contributed by atoms with Crippen molar-refractivity contribution in [1.82, 2.24) is 4.98 Å². The Morgan fingerprint density at radius 1 is 1.71 bits per heavy atom. The Morgan fingerprint density at radius 2 is 2.50 bits per heavy atom. The maximum Gasteiger partial charge on any atom is 0.213 e. The molecule has 0 saturated carbocycles. The van der Waals surface area contributed by atoms with Gasteiger partial charge in [-0.15, -0.1) is 11.3 Å². The van der Waals surface area contributed by atoms with E-state index in [9.17, 15) is 9.59 Å². The zero-order valence-electron chi connectivity index (χ0n) is 7.26. The number of hydrogen-bond donors (Lipinski definition) is 1. The third-order valence-corrected chi connectivity index (χ3v) is 2.02. The summed E-state index contributed by atoms with van der Waals surface area (Å²) in [6.45, 7) is 0. The number of hydrogen-bond acceptors (Lipinski definition) is 6. The molecule has 1 aromatic rings. The van der Waals surface area contributed by atoms with Gasteiger partial charge in [0.2, 0.25) is 6.41 Å². The van der Waals surface area contributed by atoms with Gasteiger partial charge in [-0.3, -0.25) is 9.59 Å². The van der Waals surface area contributed by atoms with Crippen LogP contribution in [0.25, 0.3) is 0 Å². The Labute approximate surface area is 83.6 Å². The van der Waals surface area contributed by atoms with Crippen LogP contribution in [0.4, 0.5) is 5.13 Å². The van der Waals surface area contributed by atoms with Gasteiger partial charge in [0.05, 0.1) is 0 Å². The summed E-state index contributed by atoms with van der Waals surface area (Å²) in [5, 5.41) is 7.83. The molecular formula is C7H7N3O3S. The maximum atomic E-state index is 10.5. The van der Waals surface area contributed by atoms with E-state index >= 15 is 0 Å². The Balaban J connectivity index is 2.88. The van der Waals surface area contributed by atoms with Crippen LogP contribution in [0, 0.1) is 0 Å². The number of nitrogens with zero attached hydrogens (tertiary/aromatic N) is 2. The molecule has 1 amide bonds. The van der Waals surface area contributed by atoms with Crippen LogP contribution in [0.15, 0.2) is 10.5 Å². The highest BCUT2D eigenvalue weighted by molar-refractivity contribution is 7.14. The summed E-state index contributed by atoms with van der Waals surface area (Å²) in [6, 6.07) is 0. The predicted octanol–water partition coefficient (Wildman–Crippen LogP) is 0.261. The van der Waals surface area contributed by atoms with Gasteiger partial charge in [0.1, 0.15) is 12.8 Å². The minimum atomic E-state index is 0.0858. The molecule has 0 unspecified atom stereocenters. The monoisotopic (exact) mass is 213 g/mol. The molecule has 1 N–H and O–H groups in total. The van der Waals surface area contributed by atoms with E-state index in [0.717, 1.165) is 0 Å². The first-order valence-corrected chi connectivity index (χ1v) is 4.42. The molecule has 1 aromatic heterocycles. The van der Waals surface area contributed by atoms with Crippen molar-refractivity contribution in [3.05, 3.63) is 11.1 Å². The number of carbonyl (C=O) groups is 2. The van der Waals surface area contributed by atoms with Crippen LogP contribution < -0.4 is 5.32 Å². The fraction of sp³-hybridized carbons (Fsp3) is 0.143. The summed E-state index contributed by atoms with van der Waals surface area (Å²) in [5.41, 5.74) is 0.457. The lowest BCUT2D eigenvalue weighted by molar-refractivity contribution is -0.105. The molecule has 6 nitrogen and oxygen atoms in total. The first-order chi connectivity index (χ1) is 6.81. The van der Waals surface area contributed by atoms with Crippen LogP contribution in [0.2, 0.25) is 0 Å². The van der Waals surface area contributed by atoms with Gasteiger partial charge in [0.25, 0.3) is 0 Å². The van der Waals surface area contributed by atoms with Crippen LogP contribution in [-0.2, 0) is 14.4 Å². The molecule has 7 heteroatoms. The molecule has 0 aliphatic rings. The summed E-state index contributed by atoms with van der Waals surface area (Å²) in [5.74, 6) is 0. The molecule has 0 bridgehead atoms. The fourth-order valence-electron chi connectivity index (χ4n) is 0.735. The molecule has 0 aromatic carbocycles. The summed E-state index contributed by atoms with van der Waals surface area (Å²) >= 11 is 1.19. The van der Waals surface area contributed by atoms with Crippen LogP contribution >= 0.6 is 11.3 Å². The average Bonchev–Trinajstić information content (AvgIpc) is 2.63. The van der Waals surface area contributed by atoms with E-state index in [1.54, 1.807) is 5.38 Å². The number of thiazole rings is 1. The normalized spacial score (nSPS) is 10.8. The second-order valence-electron chi connectivity index (χ2n) is 2.08. The number of oxime groups is 1. The van der Waals surface area contributed by atoms with Gasteiger partial charge >= 0.3 is 0 Å². The summed E-state index contributed by atoms with van der Waals surface area (Å²) in [6.07, 6.45) is 1.04. The summed E-state index contributed by atoms with van der Waals surface area (Å²) in [4.78, 5) is 29.0. The van der Waals surface area contributed by atoms with Crippen LogP contribution in [-0.4, -0.2) is 30.5 Å². The molecular weight excluding hydrogens is 206 g/mol. The molecule has 0 spiro atoms. The number of anilines is 1. The van der Waals surface area contributed by atoms with Crippen molar-refractivity contribution >= 4 is 34.9 Å². The lowest BCUT2D eigenvalue weighted by atomic mass is 10.3. The standard InChI is InChI=1S/C7H7N3O3S/c1-13-10-5(2-11)6-3-14-7(9-6)8-4-12/h2-4H,1H3,(H,8,9,12)/b10-5-. The molecule has 0 saturated heterocycles. The van der Waals surface area contributed by atoms with Gasteiger partial charge in [-0.1, -0.05) is 5.16 Å². The van der Waals surface area contributed by atoms with Crippen molar-refractivity contribution in [1.29, 1.82) is 0 Å². The number of rotatable bonds is 5.